The molecule has 168 valence electrons. The fraction of sp³-hybridized carbons (Fsp3) is 0.720. The van der Waals surface area contributed by atoms with E-state index < -0.39 is 59.5 Å². The van der Waals surface area contributed by atoms with E-state index in [1.165, 1.54) is 0 Å². The van der Waals surface area contributed by atoms with E-state index >= 15 is 0 Å². The number of Topliss-reactive ketones (excluding diaryl/α,β-unsaturated/α-hetero) is 1. The molecular weight excluding hydrogens is 396 g/mol. The first-order valence-electron chi connectivity index (χ1n) is 13.5. The van der Waals surface area contributed by atoms with Crippen LogP contribution < -0.4 is 0 Å². The molecule has 0 aromatic heterocycles. The minimum atomic E-state index is -3.27. The second kappa shape index (κ2) is 6.38. The molecule has 6 heteroatoms. The van der Waals surface area contributed by atoms with Crippen LogP contribution >= 0.6 is 0 Å². The van der Waals surface area contributed by atoms with Crippen LogP contribution in [0.3, 0.4) is 0 Å². The number of hydrogen-bond donors (Lipinski definition) is 1. The molecule has 4 fully saturated rings. The highest BCUT2D eigenvalue weighted by atomic mass is 16.6. The van der Waals surface area contributed by atoms with Crippen molar-refractivity contribution >= 4 is 17.5 Å². The van der Waals surface area contributed by atoms with Gasteiger partial charge in [0, 0.05) is 24.1 Å². The SMILES string of the molecule is [2H]C([2H])([2H])C([2H])([2H])C(=O)OCC(=O)[C@@]1(O)[C@@H](C)C[C@H]2[C@@H]3CCC4=CC(=O)C=C[C@]4(C)[C@@]34O[C@H]4C[C@@]21C. The zero-order chi connectivity index (χ0) is 26.7. The summed E-state index contributed by atoms with van der Waals surface area (Å²) in [5.74, 6) is -2.90. The molecular formula is C25H32O6. The first-order chi connectivity index (χ1) is 16.5. The molecule has 3 saturated carbocycles. The molecule has 0 aromatic rings. The van der Waals surface area contributed by atoms with Gasteiger partial charge in [0.1, 0.15) is 11.2 Å². The molecule has 0 bridgehead atoms. The largest absolute Gasteiger partial charge is 0.458 e. The minimum Gasteiger partial charge on any atom is -0.458 e. The number of allylic oxidation sites excluding steroid dienone is 2. The molecule has 1 saturated heterocycles. The molecule has 6 nitrogen and oxygen atoms in total. The van der Waals surface area contributed by atoms with Gasteiger partial charge in [-0.1, -0.05) is 32.3 Å². The summed E-state index contributed by atoms with van der Waals surface area (Å²) in [7, 11) is 0. The van der Waals surface area contributed by atoms with Crippen LogP contribution in [0.15, 0.2) is 23.8 Å². The van der Waals surface area contributed by atoms with Crippen molar-refractivity contribution < 1.29 is 35.8 Å². The van der Waals surface area contributed by atoms with Crippen molar-refractivity contribution in [2.24, 2.45) is 28.6 Å². The molecule has 1 heterocycles. The Hall–Kier alpha value is -1.79. The molecule has 0 radical (unpaired) electrons. The Balaban J connectivity index is 1.41. The van der Waals surface area contributed by atoms with Crippen molar-refractivity contribution in [2.45, 2.75) is 77.0 Å². The molecule has 1 spiro atoms. The summed E-state index contributed by atoms with van der Waals surface area (Å²) < 4.78 is 48.1. The van der Waals surface area contributed by atoms with Crippen molar-refractivity contribution in [3.05, 3.63) is 23.8 Å². The Morgan fingerprint density at radius 3 is 2.90 bits per heavy atom. The highest BCUT2D eigenvalue weighted by Gasteiger charge is 2.82. The van der Waals surface area contributed by atoms with E-state index in [4.69, 9.17) is 16.3 Å². The van der Waals surface area contributed by atoms with Gasteiger partial charge in [-0.05, 0) is 62.5 Å². The third kappa shape index (κ3) is 2.38. The van der Waals surface area contributed by atoms with E-state index in [1.54, 1.807) is 19.1 Å². The monoisotopic (exact) mass is 433 g/mol. The minimum absolute atomic E-state index is 0.0259. The average Bonchev–Trinajstić information content (AvgIpc) is 3.46. The highest BCUT2D eigenvalue weighted by Crippen LogP contribution is 2.76. The van der Waals surface area contributed by atoms with Crippen molar-refractivity contribution in [1.29, 1.82) is 0 Å². The van der Waals surface area contributed by atoms with Gasteiger partial charge in [0.15, 0.2) is 12.4 Å². The summed E-state index contributed by atoms with van der Waals surface area (Å²) in [6.45, 7) is 1.61. The fourth-order valence-electron chi connectivity index (χ4n) is 7.85. The molecule has 0 aromatic carbocycles. The zero-order valence-corrected chi connectivity index (χ0v) is 18.1. The Morgan fingerprint density at radius 1 is 1.39 bits per heavy atom. The lowest BCUT2D eigenvalue weighted by Gasteiger charge is -2.55. The second-order valence-corrected chi connectivity index (χ2v) is 10.4. The lowest BCUT2D eigenvalue weighted by atomic mass is 9.46. The van der Waals surface area contributed by atoms with Crippen molar-refractivity contribution in [1.82, 2.24) is 0 Å². The van der Waals surface area contributed by atoms with E-state index in [2.05, 4.69) is 6.92 Å². The zero-order valence-electron chi connectivity index (χ0n) is 23.1. The summed E-state index contributed by atoms with van der Waals surface area (Å²) in [4.78, 5) is 37.6. The van der Waals surface area contributed by atoms with E-state index in [1.807, 2.05) is 13.0 Å². The highest BCUT2D eigenvalue weighted by molar-refractivity contribution is 6.01. The van der Waals surface area contributed by atoms with Gasteiger partial charge in [-0.15, -0.1) is 0 Å². The Labute approximate surface area is 190 Å². The van der Waals surface area contributed by atoms with Crippen molar-refractivity contribution in [3.63, 3.8) is 0 Å². The maximum absolute atomic E-state index is 13.4. The number of epoxide rings is 1. The van der Waals surface area contributed by atoms with Crippen LogP contribution in [0.2, 0.25) is 0 Å². The van der Waals surface area contributed by atoms with Crippen LogP contribution in [0, 0.1) is 28.6 Å². The van der Waals surface area contributed by atoms with Gasteiger partial charge in [-0.25, -0.2) is 0 Å². The summed E-state index contributed by atoms with van der Waals surface area (Å²) in [6, 6.07) is 0. The lowest BCUT2D eigenvalue weighted by Crippen LogP contribution is -2.62. The van der Waals surface area contributed by atoms with Crippen molar-refractivity contribution in [2.75, 3.05) is 6.61 Å². The summed E-state index contributed by atoms with van der Waals surface area (Å²) in [5, 5.41) is 11.9. The van der Waals surface area contributed by atoms with Gasteiger partial charge in [0.25, 0.3) is 0 Å². The molecule has 0 amide bonds. The number of carbonyl (C=O) groups is 3. The van der Waals surface area contributed by atoms with Crippen LogP contribution in [0.25, 0.3) is 0 Å². The van der Waals surface area contributed by atoms with Gasteiger partial charge < -0.3 is 14.6 Å². The number of esters is 1. The lowest BCUT2D eigenvalue weighted by molar-refractivity contribution is -0.171. The van der Waals surface area contributed by atoms with E-state index in [9.17, 15) is 19.5 Å². The molecule has 8 atom stereocenters. The van der Waals surface area contributed by atoms with Gasteiger partial charge >= 0.3 is 5.97 Å². The molecule has 5 rings (SSSR count). The third-order valence-electron chi connectivity index (χ3n) is 9.38. The molecule has 31 heavy (non-hydrogen) atoms. The number of hydrogen-bond acceptors (Lipinski definition) is 6. The molecule has 5 aliphatic rings. The fourth-order valence-corrected chi connectivity index (χ4v) is 7.85. The quantitative estimate of drug-likeness (QED) is 0.541. The molecule has 4 aliphatic carbocycles. The van der Waals surface area contributed by atoms with Gasteiger partial charge in [0.2, 0.25) is 5.78 Å². The predicted molar refractivity (Wildman–Crippen MR) is 112 cm³/mol. The van der Waals surface area contributed by atoms with Crippen molar-refractivity contribution in [3.8, 4) is 0 Å². The number of fused-ring (bicyclic) bond motifs is 3. The van der Waals surface area contributed by atoms with E-state index in [0.29, 0.717) is 12.8 Å². The van der Waals surface area contributed by atoms with Crippen LogP contribution in [0.4, 0.5) is 0 Å². The maximum atomic E-state index is 13.4. The van der Waals surface area contributed by atoms with E-state index in [-0.39, 0.29) is 23.7 Å². The molecule has 0 unspecified atom stereocenters. The molecule has 1 aliphatic heterocycles. The molecule has 1 N–H and O–H groups in total. The van der Waals surface area contributed by atoms with Gasteiger partial charge in [0.05, 0.1) is 6.10 Å². The second-order valence-electron chi connectivity index (χ2n) is 10.4. The summed E-state index contributed by atoms with van der Waals surface area (Å²) in [5.41, 5.74) is -2.59. The maximum Gasteiger partial charge on any atom is 0.305 e. The van der Waals surface area contributed by atoms with Crippen LogP contribution in [-0.2, 0) is 23.9 Å². The standard InChI is InChI=1S/C25H32O6/c1-5-21(28)30-13-19(27)24(29)14(2)10-18-17-7-6-15-11-16(26)8-9-22(15,3)25(17)20(31-25)12-23(18,24)4/h8-9,11,14,17-18,20,29H,5-7,10,12-13H2,1-4H3/t14-,17-,18-,20-,22-,23-,24-,25+/m0/s1/i1D3,5D2. The predicted octanol–water partition coefficient (Wildman–Crippen LogP) is 2.93. The summed E-state index contributed by atoms with van der Waals surface area (Å²) >= 11 is 0. The number of rotatable bonds is 4. The Morgan fingerprint density at radius 2 is 2.16 bits per heavy atom. The first-order valence-corrected chi connectivity index (χ1v) is 11.0. The van der Waals surface area contributed by atoms with Crippen LogP contribution in [-0.4, -0.2) is 46.6 Å². The normalized spacial score (nSPS) is 52.6. The third-order valence-corrected chi connectivity index (χ3v) is 9.38. The number of carbonyl (C=O) groups excluding carboxylic acids is 3. The number of ketones is 2. The first kappa shape index (κ1) is 15.9. The van der Waals surface area contributed by atoms with Crippen LogP contribution in [0.1, 0.15) is 66.5 Å². The van der Waals surface area contributed by atoms with E-state index in [0.717, 1.165) is 18.4 Å². The van der Waals surface area contributed by atoms with Gasteiger partial charge in [-0.2, -0.15) is 0 Å². The van der Waals surface area contributed by atoms with Crippen LogP contribution in [0.5, 0.6) is 0 Å². The smallest absolute Gasteiger partial charge is 0.305 e. The summed E-state index contributed by atoms with van der Waals surface area (Å²) in [6.07, 6.45) is 4.23. The topological polar surface area (TPSA) is 93.2 Å². The average molecular weight is 434 g/mol. The Bertz CT molecular complexity index is 1110. The number of aliphatic hydroxyl groups is 1. The number of ether oxygens (including phenoxy) is 2. The Kier molecular flexibility index (Phi) is 3.28. The van der Waals surface area contributed by atoms with Gasteiger partial charge in [-0.3, -0.25) is 14.4 Å².